The lowest BCUT2D eigenvalue weighted by molar-refractivity contribution is 0.577. The van der Waals surface area contributed by atoms with Crippen LogP contribution in [0.3, 0.4) is 0 Å². The molecular formula is C14H21N5O. The fraction of sp³-hybridized carbons (Fsp3) is 0.500. The van der Waals surface area contributed by atoms with Gasteiger partial charge in [0.2, 0.25) is 0 Å². The summed E-state index contributed by atoms with van der Waals surface area (Å²) < 4.78 is 3.23. The van der Waals surface area contributed by atoms with Crippen LogP contribution in [0.2, 0.25) is 0 Å². The summed E-state index contributed by atoms with van der Waals surface area (Å²) in [5.41, 5.74) is 1.80. The molecule has 0 aliphatic heterocycles. The fourth-order valence-electron chi connectivity index (χ4n) is 1.86. The van der Waals surface area contributed by atoms with Crippen molar-refractivity contribution in [3.8, 4) is 0 Å². The minimum atomic E-state index is -0.0809. The van der Waals surface area contributed by atoms with E-state index >= 15 is 0 Å². The van der Waals surface area contributed by atoms with Crippen LogP contribution in [0, 0.1) is 5.92 Å². The largest absolute Gasteiger partial charge is 0.383 e. The summed E-state index contributed by atoms with van der Waals surface area (Å²) in [7, 11) is 1.88. The van der Waals surface area contributed by atoms with Gasteiger partial charge in [-0.05, 0) is 17.9 Å². The molecule has 0 saturated heterocycles. The third-order valence-corrected chi connectivity index (χ3v) is 2.95. The van der Waals surface area contributed by atoms with Gasteiger partial charge in [0.05, 0.1) is 18.1 Å². The average Bonchev–Trinajstić information content (AvgIpc) is 2.81. The number of aromatic nitrogens is 4. The van der Waals surface area contributed by atoms with E-state index in [1.165, 1.54) is 4.68 Å². The van der Waals surface area contributed by atoms with Crippen LogP contribution in [0.1, 0.15) is 19.4 Å². The first-order valence-electron chi connectivity index (χ1n) is 6.83. The quantitative estimate of drug-likeness (QED) is 0.862. The second kappa shape index (κ2) is 6.36. The predicted molar refractivity (Wildman–Crippen MR) is 78.7 cm³/mol. The van der Waals surface area contributed by atoms with Crippen molar-refractivity contribution >= 4 is 5.69 Å². The molecule has 0 amide bonds. The molecule has 0 radical (unpaired) electrons. The smallest absolute Gasteiger partial charge is 0.268 e. The molecule has 20 heavy (non-hydrogen) atoms. The van der Waals surface area contributed by atoms with Crippen molar-refractivity contribution in [1.29, 1.82) is 0 Å². The normalized spacial score (nSPS) is 11.0. The first kappa shape index (κ1) is 14.3. The molecule has 0 spiro atoms. The molecule has 0 bridgehead atoms. The van der Waals surface area contributed by atoms with Gasteiger partial charge in [0.15, 0.2) is 0 Å². The van der Waals surface area contributed by atoms with Gasteiger partial charge in [0.1, 0.15) is 0 Å². The molecule has 2 aromatic heterocycles. The van der Waals surface area contributed by atoms with E-state index in [-0.39, 0.29) is 5.56 Å². The maximum absolute atomic E-state index is 12.0. The highest BCUT2D eigenvalue weighted by Crippen LogP contribution is 2.03. The lowest BCUT2D eigenvalue weighted by atomic mass is 10.2. The molecule has 6 nitrogen and oxygen atoms in total. The van der Waals surface area contributed by atoms with Gasteiger partial charge >= 0.3 is 0 Å². The van der Waals surface area contributed by atoms with Crippen molar-refractivity contribution < 1.29 is 0 Å². The minimum Gasteiger partial charge on any atom is -0.383 e. The van der Waals surface area contributed by atoms with Crippen molar-refractivity contribution in [3.05, 3.63) is 40.6 Å². The lowest BCUT2D eigenvalue weighted by Gasteiger charge is -2.09. The Labute approximate surface area is 118 Å². The first-order chi connectivity index (χ1) is 9.54. The van der Waals surface area contributed by atoms with E-state index in [0.717, 1.165) is 24.2 Å². The molecule has 2 heterocycles. The Bertz CT molecular complexity index is 614. The van der Waals surface area contributed by atoms with E-state index < -0.39 is 0 Å². The number of hydrogen-bond acceptors (Lipinski definition) is 4. The van der Waals surface area contributed by atoms with Crippen molar-refractivity contribution in [2.45, 2.75) is 26.8 Å². The molecule has 0 aliphatic rings. The van der Waals surface area contributed by atoms with Gasteiger partial charge in [-0.3, -0.25) is 9.48 Å². The molecule has 2 rings (SSSR count). The van der Waals surface area contributed by atoms with E-state index in [1.807, 2.05) is 19.4 Å². The number of aryl methyl sites for hydroxylation is 3. The zero-order chi connectivity index (χ0) is 14.5. The highest BCUT2D eigenvalue weighted by Gasteiger charge is 2.02. The Morgan fingerprint density at radius 1 is 1.30 bits per heavy atom. The molecular weight excluding hydrogens is 254 g/mol. The maximum Gasteiger partial charge on any atom is 0.268 e. The zero-order valence-electron chi connectivity index (χ0n) is 12.2. The van der Waals surface area contributed by atoms with Crippen LogP contribution in [0.25, 0.3) is 0 Å². The molecule has 0 saturated carbocycles. The third-order valence-electron chi connectivity index (χ3n) is 2.95. The summed E-state index contributed by atoms with van der Waals surface area (Å²) in [6, 6.07) is 1.60. The summed E-state index contributed by atoms with van der Waals surface area (Å²) in [4.78, 5) is 12.0. The third kappa shape index (κ3) is 3.94. The number of rotatable bonds is 6. The highest BCUT2D eigenvalue weighted by molar-refractivity contribution is 5.38. The second-order valence-corrected chi connectivity index (χ2v) is 5.35. The molecule has 108 valence electrons. The lowest BCUT2D eigenvalue weighted by Crippen LogP contribution is -2.24. The molecule has 0 aromatic carbocycles. The molecule has 2 aromatic rings. The SMILES string of the molecule is CC(C)CNc1cnn(CCc2cnn(C)c2)c(=O)c1. The van der Waals surface area contributed by atoms with Gasteiger partial charge in [-0.25, -0.2) is 4.68 Å². The van der Waals surface area contributed by atoms with Crippen molar-refractivity contribution in [1.82, 2.24) is 19.6 Å². The molecule has 0 aliphatic carbocycles. The van der Waals surface area contributed by atoms with Crippen LogP contribution in [0.5, 0.6) is 0 Å². The first-order valence-corrected chi connectivity index (χ1v) is 6.83. The average molecular weight is 275 g/mol. The van der Waals surface area contributed by atoms with Crippen LogP contribution < -0.4 is 10.9 Å². The van der Waals surface area contributed by atoms with Gasteiger partial charge in [0, 0.05) is 32.4 Å². The summed E-state index contributed by atoms with van der Waals surface area (Å²) in [6.45, 7) is 5.64. The maximum atomic E-state index is 12.0. The number of hydrogen-bond donors (Lipinski definition) is 1. The Morgan fingerprint density at radius 3 is 2.70 bits per heavy atom. The Morgan fingerprint density at radius 2 is 2.10 bits per heavy atom. The number of anilines is 1. The Kier molecular flexibility index (Phi) is 4.55. The highest BCUT2D eigenvalue weighted by atomic mass is 16.1. The second-order valence-electron chi connectivity index (χ2n) is 5.35. The van der Waals surface area contributed by atoms with E-state index in [0.29, 0.717) is 12.5 Å². The monoisotopic (exact) mass is 275 g/mol. The predicted octanol–water partition coefficient (Wildman–Crippen LogP) is 1.29. The van der Waals surface area contributed by atoms with E-state index in [1.54, 1.807) is 16.9 Å². The molecule has 1 N–H and O–H groups in total. The molecule has 0 atom stereocenters. The molecule has 0 unspecified atom stereocenters. The summed E-state index contributed by atoms with van der Waals surface area (Å²) in [6.07, 6.45) is 6.21. The van der Waals surface area contributed by atoms with Gasteiger partial charge in [0.25, 0.3) is 5.56 Å². The van der Waals surface area contributed by atoms with Crippen LogP contribution >= 0.6 is 0 Å². The van der Waals surface area contributed by atoms with E-state index in [2.05, 4.69) is 29.4 Å². The molecule has 6 heteroatoms. The van der Waals surface area contributed by atoms with Crippen LogP contribution in [0.15, 0.2) is 29.5 Å². The van der Waals surface area contributed by atoms with Gasteiger partial charge in [-0.2, -0.15) is 10.2 Å². The van der Waals surface area contributed by atoms with E-state index in [9.17, 15) is 4.79 Å². The standard InChI is InChI=1S/C14H21N5O/c1-11(2)7-15-13-6-14(20)19(17-9-13)5-4-12-8-16-18(3)10-12/h6,8-11,15H,4-5,7H2,1-3H3. The molecule has 0 fully saturated rings. The summed E-state index contributed by atoms with van der Waals surface area (Å²) >= 11 is 0. The van der Waals surface area contributed by atoms with Crippen molar-refractivity contribution in [2.24, 2.45) is 13.0 Å². The topological polar surface area (TPSA) is 64.7 Å². The summed E-state index contributed by atoms with van der Waals surface area (Å²) in [5, 5.41) is 11.5. The van der Waals surface area contributed by atoms with Crippen LogP contribution in [-0.4, -0.2) is 26.1 Å². The zero-order valence-corrected chi connectivity index (χ0v) is 12.2. The van der Waals surface area contributed by atoms with Gasteiger partial charge < -0.3 is 5.32 Å². The Balaban J connectivity index is 1.97. The fourth-order valence-corrected chi connectivity index (χ4v) is 1.86. The van der Waals surface area contributed by atoms with Crippen molar-refractivity contribution in [3.63, 3.8) is 0 Å². The van der Waals surface area contributed by atoms with Crippen LogP contribution in [0.4, 0.5) is 5.69 Å². The Hall–Kier alpha value is -2.11. The number of nitrogens with one attached hydrogen (secondary N) is 1. The number of nitrogens with zero attached hydrogens (tertiary/aromatic N) is 4. The summed E-state index contributed by atoms with van der Waals surface area (Å²) in [5.74, 6) is 0.531. The van der Waals surface area contributed by atoms with Gasteiger partial charge in [-0.15, -0.1) is 0 Å². The van der Waals surface area contributed by atoms with Gasteiger partial charge in [-0.1, -0.05) is 13.8 Å². The van der Waals surface area contributed by atoms with E-state index in [4.69, 9.17) is 0 Å². The minimum absolute atomic E-state index is 0.0809. The van der Waals surface area contributed by atoms with Crippen LogP contribution in [-0.2, 0) is 20.0 Å². The van der Waals surface area contributed by atoms with Crippen molar-refractivity contribution in [2.75, 3.05) is 11.9 Å².